The summed E-state index contributed by atoms with van der Waals surface area (Å²) in [5.41, 5.74) is 0.423. The molecule has 0 radical (unpaired) electrons. The summed E-state index contributed by atoms with van der Waals surface area (Å²) in [5.74, 6) is 0.646. The summed E-state index contributed by atoms with van der Waals surface area (Å²) in [6.45, 7) is 6.85. The standard InChI is InChI=1S/C21H34FN5O2/c1-21(2,19(28)23-3)14-25-20(24-4)26-16-8-10-27(11-9-16)13-15-6-7-18(29-5)17(22)12-15/h6-7,12,16H,8-11,13-14H2,1-5H3,(H,23,28)(H2,24,25,26). The van der Waals surface area contributed by atoms with Gasteiger partial charge in [-0.05, 0) is 44.4 Å². The van der Waals surface area contributed by atoms with Crippen molar-refractivity contribution < 1.29 is 13.9 Å². The number of nitrogens with one attached hydrogen (secondary N) is 3. The number of nitrogens with zero attached hydrogens (tertiary/aromatic N) is 2. The van der Waals surface area contributed by atoms with Crippen LogP contribution in [0, 0.1) is 11.2 Å². The zero-order valence-corrected chi connectivity index (χ0v) is 18.1. The van der Waals surface area contributed by atoms with Crippen LogP contribution in [0.3, 0.4) is 0 Å². The van der Waals surface area contributed by atoms with Crippen LogP contribution in [0.25, 0.3) is 0 Å². The lowest BCUT2D eigenvalue weighted by molar-refractivity contribution is -0.128. The maximum Gasteiger partial charge on any atom is 0.227 e. The number of likely N-dealkylation sites (tertiary alicyclic amines) is 1. The number of hydrogen-bond donors (Lipinski definition) is 3. The first-order valence-electron chi connectivity index (χ1n) is 10.0. The van der Waals surface area contributed by atoms with Gasteiger partial charge >= 0.3 is 0 Å². The molecule has 1 amide bonds. The molecule has 1 aromatic rings. The molecule has 7 nitrogen and oxygen atoms in total. The number of aliphatic imine (C=N–C) groups is 1. The van der Waals surface area contributed by atoms with E-state index in [9.17, 15) is 9.18 Å². The number of guanidine groups is 1. The maximum absolute atomic E-state index is 13.9. The molecular formula is C21H34FN5O2. The van der Waals surface area contributed by atoms with E-state index in [1.807, 2.05) is 19.9 Å². The lowest BCUT2D eigenvalue weighted by atomic mass is 9.92. The number of amides is 1. The SMILES string of the molecule is CN=C(NCC(C)(C)C(=O)NC)NC1CCN(Cc2ccc(OC)c(F)c2)CC1. The summed E-state index contributed by atoms with van der Waals surface area (Å²) in [6, 6.07) is 5.44. The molecule has 2 rings (SSSR count). The molecule has 0 aromatic heterocycles. The first kappa shape index (κ1) is 22.9. The Balaban J connectivity index is 1.79. The minimum Gasteiger partial charge on any atom is -0.494 e. The van der Waals surface area contributed by atoms with E-state index in [2.05, 4.69) is 25.8 Å². The van der Waals surface area contributed by atoms with E-state index in [4.69, 9.17) is 4.74 Å². The predicted octanol–water partition coefficient (Wildman–Crippen LogP) is 1.74. The van der Waals surface area contributed by atoms with Crippen molar-refractivity contribution in [3.63, 3.8) is 0 Å². The summed E-state index contributed by atoms with van der Waals surface area (Å²) in [6.07, 6.45) is 1.94. The van der Waals surface area contributed by atoms with Crippen LogP contribution in [-0.2, 0) is 11.3 Å². The van der Waals surface area contributed by atoms with Crippen molar-refractivity contribution in [2.75, 3.05) is 40.8 Å². The van der Waals surface area contributed by atoms with Gasteiger partial charge in [0.1, 0.15) is 0 Å². The number of rotatable bonds is 7. The van der Waals surface area contributed by atoms with Crippen LogP contribution in [0.4, 0.5) is 4.39 Å². The van der Waals surface area contributed by atoms with Crippen molar-refractivity contribution in [1.29, 1.82) is 0 Å². The van der Waals surface area contributed by atoms with E-state index in [0.717, 1.165) is 38.0 Å². The van der Waals surface area contributed by atoms with Gasteiger partial charge in [0, 0.05) is 46.3 Å². The van der Waals surface area contributed by atoms with Gasteiger partial charge < -0.3 is 20.7 Å². The summed E-state index contributed by atoms with van der Waals surface area (Å²) >= 11 is 0. The van der Waals surface area contributed by atoms with Crippen LogP contribution in [-0.4, -0.2) is 63.6 Å². The van der Waals surface area contributed by atoms with E-state index in [1.165, 1.54) is 7.11 Å². The van der Waals surface area contributed by atoms with Crippen molar-refractivity contribution in [3.8, 4) is 5.75 Å². The highest BCUT2D eigenvalue weighted by atomic mass is 19.1. The second kappa shape index (κ2) is 10.4. The summed E-state index contributed by atoms with van der Waals surface area (Å²) in [4.78, 5) is 18.5. The minimum absolute atomic E-state index is 0.0104. The maximum atomic E-state index is 13.9. The molecule has 8 heteroatoms. The number of piperidine rings is 1. The molecule has 3 N–H and O–H groups in total. The predicted molar refractivity (Wildman–Crippen MR) is 114 cm³/mol. The van der Waals surface area contributed by atoms with E-state index < -0.39 is 5.41 Å². The average Bonchev–Trinajstić information content (AvgIpc) is 2.71. The number of methoxy groups -OCH3 is 1. The van der Waals surface area contributed by atoms with Gasteiger partial charge in [0.05, 0.1) is 12.5 Å². The lowest BCUT2D eigenvalue weighted by Crippen LogP contribution is -2.51. The second-order valence-electron chi connectivity index (χ2n) is 8.05. The smallest absolute Gasteiger partial charge is 0.227 e. The Morgan fingerprint density at radius 1 is 1.34 bits per heavy atom. The third kappa shape index (κ3) is 6.59. The molecule has 0 spiro atoms. The van der Waals surface area contributed by atoms with E-state index in [1.54, 1.807) is 26.2 Å². The van der Waals surface area contributed by atoms with Gasteiger partial charge in [-0.15, -0.1) is 0 Å². The van der Waals surface area contributed by atoms with Gasteiger partial charge in [-0.2, -0.15) is 0 Å². The van der Waals surface area contributed by atoms with Crippen molar-refractivity contribution >= 4 is 11.9 Å². The molecule has 1 aliphatic rings. The Bertz CT molecular complexity index is 715. The van der Waals surface area contributed by atoms with E-state index >= 15 is 0 Å². The molecular weight excluding hydrogens is 373 g/mol. The van der Waals surface area contributed by atoms with Gasteiger partial charge in [0.25, 0.3) is 0 Å². The molecule has 0 saturated carbocycles. The number of benzene rings is 1. The molecule has 1 saturated heterocycles. The molecule has 0 aliphatic carbocycles. The quantitative estimate of drug-likeness (QED) is 0.474. The van der Waals surface area contributed by atoms with Crippen LogP contribution in [0.1, 0.15) is 32.3 Å². The first-order chi connectivity index (χ1) is 13.8. The van der Waals surface area contributed by atoms with Crippen molar-refractivity contribution in [2.24, 2.45) is 10.4 Å². The zero-order valence-electron chi connectivity index (χ0n) is 18.1. The molecule has 1 aliphatic heterocycles. The summed E-state index contributed by atoms with van der Waals surface area (Å²) in [5, 5.41) is 9.39. The number of carbonyl (C=O) groups is 1. The fourth-order valence-corrected chi connectivity index (χ4v) is 3.41. The van der Waals surface area contributed by atoms with E-state index in [0.29, 0.717) is 18.5 Å². The van der Waals surface area contributed by atoms with Crippen LogP contribution < -0.4 is 20.7 Å². The fraction of sp³-hybridized carbons (Fsp3) is 0.619. The zero-order chi connectivity index (χ0) is 21.4. The molecule has 0 bridgehead atoms. The number of ether oxygens (including phenoxy) is 1. The Morgan fingerprint density at radius 3 is 2.59 bits per heavy atom. The Labute approximate surface area is 173 Å². The monoisotopic (exact) mass is 407 g/mol. The average molecular weight is 408 g/mol. The lowest BCUT2D eigenvalue weighted by Gasteiger charge is -2.33. The highest BCUT2D eigenvalue weighted by Crippen LogP contribution is 2.20. The molecule has 1 aromatic carbocycles. The van der Waals surface area contributed by atoms with Gasteiger partial charge in [0.2, 0.25) is 5.91 Å². The molecule has 1 fully saturated rings. The highest BCUT2D eigenvalue weighted by molar-refractivity contribution is 5.84. The van der Waals surface area contributed by atoms with Gasteiger partial charge in [0.15, 0.2) is 17.5 Å². The Kier molecular flexibility index (Phi) is 8.25. The van der Waals surface area contributed by atoms with Gasteiger partial charge in [-0.3, -0.25) is 14.7 Å². The third-order valence-electron chi connectivity index (χ3n) is 5.31. The van der Waals surface area contributed by atoms with Crippen molar-refractivity contribution in [2.45, 2.75) is 39.3 Å². The van der Waals surface area contributed by atoms with Crippen LogP contribution >= 0.6 is 0 Å². The number of hydrogen-bond acceptors (Lipinski definition) is 4. The summed E-state index contributed by atoms with van der Waals surface area (Å²) < 4.78 is 18.9. The van der Waals surface area contributed by atoms with Crippen LogP contribution in [0.5, 0.6) is 5.75 Å². The van der Waals surface area contributed by atoms with E-state index in [-0.39, 0.29) is 17.5 Å². The summed E-state index contributed by atoms with van der Waals surface area (Å²) in [7, 11) is 4.85. The second-order valence-corrected chi connectivity index (χ2v) is 8.05. The Hall–Kier alpha value is -2.35. The van der Waals surface area contributed by atoms with Crippen molar-refractivity contribution in [1.82, 2.24) is 20.9 Å². The van der Waals surface area contributed by atoms with Gasteiger partial charge in [-0.25, -0.2) is 4.39 Å². The van der Waals surface area contributed by atoms with Crippen molar-refractivity contribution in [3.05, 3.63) is 29.6 Å². The normalized spacial score (nSPS) is 16.4. The van der Waals surface area contributed by atoms with Crippen LogP contribution in [0.15, 0.2) is 23.2 Å². The third-order valence-corrected chi connectivity index (χ3v) is 5.31. The van der Waals surface area contributed by atoms with Gasteiger partial charge in [-0.1, -0.05) is 6.07 Å². The Morgan fingerprint density at radius 2 is 2.03 bits per heavy atom. The molecule has 0 atom stereocenters. The highest BCUT2D eigenvalue weighted by Gasteiger charge is 2.27. The molecule has 29 heavy (non-hydrogen) atoms. The first-order valence-corrected chi connectivity index (χ1v) is 10.0. The minimum atomic E-state index is -0.524. The van der Waals surface area contributed by atoms with Crippen LogP contribution in [0.2, 0.25) is 0 Å². The fourth-order valence-electron chi connectivity index (χ4n) is 3.41. The molecule has 162 valence electrons. The molecule has 1 heterocycles. The number of carbonyl (C=O) groups excluding carboxylic acids is 1. The largest absolute Gasteiger partial charge is 0.494 e. The molecule has 0 unspecified atom stereocenters. The topological polar surface area (TPSA) is 78.0 Å². The number of halogens is 1.